The highest BCUT2D eigenvalue weighted by Gasteiger charge is 2.28. The molecular weight excluding hydrogens is 250 g/mol. The van der Waals surface area contributed by atoms with Crippen molar-refractivity contribution in [2.75, 3.05) is 32.9 Å². The van der Waals surface area contributed by atoms with Gasteiger partial charge >= 0.3 is 5.97 Å². The number of hydrogen-bond acceptors (Lipinski definition) is 4. The van der Waals surface area contributed by atoms with Crippen molar-refractivity contribution in [1.29, 1.82) is 0 Å². The Labute approximate surface area is 112 Å². The van der Waals surface area contributed by atoms with Gasteiger partial charge in [0.15, 0.2) is 0 Å². The van der Waals surface area contributed by atoms with E-state index in [1.807, 2.05) is 0 Å². The van der Waals surface area contributed by atoms with Gasteiger partial charge in [0.2, 0.25) is 5.91 Å². The molecule has 2 fully saturated rings. The number of nitrogens with zero attached hydrogens (tertiary/aromatic N) is 1. The van der Waals surface area contributed by atoms with Crippen molar-refractivity contribution in [2.24, 2.45) is 5.92 Å². The van der Waals surface area contributed by atoms with Gasteiger partial charge in [0, 0.05) is 19.7 Å². The molecule has 0 saturated carbocycles. The Morgan fingerprint density at radius 1 is 1.32 bits per heavy atom. The van der Waals surface area contributed by atoms with Crippen LogP contribution in [0.2, 0.25) is 0 Å². The van der Waals surface area contributed by atoms with Gasteiger partial charge in [-0.05, 0) is 25.7 Å². The summed E-state index contributed by atoms with van der Waals surface area (Å²) in [6.45, 7) is 2.17. The van der Waals surface area contributed by atoms with Crippen LogP contribution < -0.4 is 0 Å². The fraction of sp³-hybridized carbons (Fsp3) is 0.846. The molecule has 0 aromatic rings. The zero-order valence-electron chi connectivity index (χ0n) is 11.0. The maximum Gasteiger partial charge on any atom is 0.308 e. The molecule has 2 aliphatic heterocycles. The second-order valence-corrected chi connectivity index (χ2v) is 5.17. The van der Waals surface area contributed by atoms with E-state index in [1.54, 1.807) is 4.90 Å². The smallest absolute Gasteiger partial charge is 0.308 e. The van der Waals surface area contributed by atoms with Crippen LogP contribution in [0.3, 0.4) is 0 Å². The quantitative estimate of drug-likeness (QED) is 0.788. The third-order valence-electron chi connectivity index (χ3n) is 3.68. The molecule has 2 rings (SSSR count). The Bertz CT molecular complexity index is 327. The standard InChI is InChI=1S/C13H21NO5/c15-12(9-18-8-11-4-2-6-19-11)14-5-1-3-10(7-14)13(16)17/h10-11H,1-9H2,(H,16,17)/t10-,11-/m1/s1. The second kappa shape index (κ2) is 6.86. The van der Waals surface area contributed by atoms with E-state index in [2.05, 4.69) is 0 Å². The number of rotatable bonds is 5. The molecule has 0 radical (unpaired) electrons. The van der Waals surface area contributed by atoms with Crippen molar-refractivity contribution < 1.29 is 24.2 Å². The molecule has 0 unspecified atom stereocenters. The topological polar surface area (TPSA) is 76.1 Å². The van der Waals surface area contributed by atoms with Crippen LogP contribution in [0.25, 0.3) is 0 Å². The SMILES string of the molecule is O=C(O)[C@@H]1CCCN(C(=O)COC[C@H]2CCCO2)C1. The first-order chi connectivity index (χ1) is 9.16. The number of carboxylic acid groups (broad SMARTS) is 1. The molecule has 0 aromatic carbocycles. The number of carboxylic acids is 1. The molecule has 1 amide bonds. The molecule has 6 heteroatoms. The van der Waals surface area contributed by atoms with Crippen molar-refractivity contribution in [1.82, 2.24) is 4.90 Å². The Balaban J connectivity index is 1.68. The fourth-order valence-electron chi connectivity index (χ4n) is 2.55. The molecule has 0 spiro atoms. The number of carbonyl (C=O) groups excluding carboxylic acids is 1. The zero-order chi connectivity index (χ0) is 13.7. The molecular formula is C13H21NO5. The van der Waals surface area contributed by atoms with Gasteiger partial charge in [0.05, 0.1) is 18.6 Å². The lowest BCUT2D eigenvalue weighted by molar-refractivity contribution is -0.147. The van der Waals surface area contributed by atoms with Crippen LogP contribution in [-0.2, 0) is 19.1 Å². The van der Waals surface area contributed by atoms with Gasteiger partial charge in [-0.15, -0.1) is 0 Å². The Morgan fingerprint density at radius 3 is 2.84 bits per heavy atom. The molecule has 0 aliphatic carbocycles. The van der Waals surface area contributed by atoms with Gasteiger partial charge in [-0.1, -0.05) is 0 Å². The zero-order valence-corrected chi connectivity index (χ0v) is 11.0. The molecule has 2 atom stereocenters. The van der Waals surface area contributed by atoms with E-state index in [0.29, 0.717) is 26.1 Å². The van der Waals surface area contributed by atoms with E-state index >= 15 is 0 Å². The van der Waals surface area contributed by atoms with Gasteiger partial charge < -0.3 is 19.5 Å². The molecule has 2 aliphatic rings. The van der Waals surface area contributed by atoms with Crippen molar-refractivity contribution in [2.45, 2.75) is 31.8 Å². The number of carbonyl (C=O) groups is 2. The third kappa shape index (κ3) is 4.18. The first-order valence-corrected chi connectivity index (χ1v) is 6.86. The maximum absolute atomic E-state index is 11.9. The molecule has 1 N–H and O–H groups in total. The van der Waals surface area contributed by atoms with Crippen LogP contribution in [0.1, 0.15) is 25.7 Å². The minimum atomic E-state index is -0.822. The lowest BCUT2D eigenvalue weighted by Crippen LogP contribution is -2.44. The summed E-state index contributed by atoms with van der Waals surface area (Å²) >= 11 is 0. The van der Waals surface area contributed by atoms with E-state index in [-0.39, 0.29) is 18.6 Å². The number of hydrogen-bond donors (Lipinski definition) is 1. The molecule has 19 heavy (non-hydrogen) atoms. The highest BCUT2D eigenvalue weighted by Crippen LogP contribution is 2.17. The van der Waals surface area contributed by atoms with Crippen LogP contribution in [0, 0.1) is 5.92 Å². The lowest BCUT2D eigenvalue weighted by Gasteiger charge is -2.30. The molecule has 108 valence electrons. The van der Waals surface area contributed by atoms with Gasteiger partial charge in [-0.3, -0.25) is 9.59 Å². The minimum Gasteiger partial charge on any atom is -0.481 e. The van der Waals surface area contributed by atoms with Crippen molar-refractivity contribution in [3.8, 4) is 0 Å². The summed E-state index contributed by atoms with van der Waals surface area (Å²) in [6, 6.07) is 0. The van der Waals surface area contributed by atoms with E-state index in [0.717, 1.165) is 25.9 Å². The molecule has 0 aromatic heterocycles. The van der Waals surface area contributed by atoms with Crippen LogP contribution in [0.4, 0.5) is 0 Å². The van der Waals surface area contributed by atoms with Gasteiger partial charge in [0.25, 0.3) is 0 Å². The maximum atomic E-state index is 11.9. The summed E-state index contributed by atoms with van der Waals surface area (Å²) < 4.78 is 10.8. The normalized spacial score (nSPS) is 27.5. The van der Waals surface area contributed by atoms with Crippen LogP contribution >= 0.6 is 0 Å². The Morgan fingerprint density at radius 2 is 2.16 bits per heavy atom. The van der Waals surface area contributed by atoms with Crippen molar-refractivity contribution in [3.63, 3.8) is 0 Å². The second-order valence-electron chi connectivity index (χ2n) is 5.17. The Hall–Kier alpha value is -1.14. The summed E-state index contributed by atoms with van der Waals surface area (Å²) in [5.41, 5.74) is 0. The van der Waals surface area contributed by atoms with E-state index in [4.69, 9.17) is 14.6 Å². The van der Waals surface area contributed by atoms with Gasteiger partial charge in [-0.2, -0.15) is 0 Å². The summed E-state index contributed by atoms with van der Waals surface area (Å²) in [6.07, 6.45) is 3.54. The largest absolute Gasteiger partial charge is 0.481 e. The fourth-order valence-corrected chi connectivity index (χ4v) is 2.55. The first kappa shape index (κ1) is 14.3. The highest BCUT2D eigenvalue weighted by atomic mass is 16.5. The average molecular weight is 271 g/mol. The van der Waals surface area contributed by atoms with Crippen LogP contribution in [-0.4, -0.2) is 60.9 Å². The summed E-state index contributed by atoms with van der Waals surface area (Å²) in [7, 11) is 0. The first-order valence-electron chi connectivity index (χ1n) is 6.86. The number of ether oxygens (including phenoxy) is 2. The van der Waals surface area contributed by atoms with E-state index in [9.17, 15) is 9.59 Å². The minimum absolute atomic E-state index is 0.0200. The van der Waals surface area contributed by atoms with Crippen molar-refractivity contribution >= 4 is 11.9 Å². The molecule has 2 saturated heterocycles. The molecule has 2 heterocycles. The summed E-state index contributed by atoms with van der Waals surface area (Å²) in [5, 5.41) is 8.97. The number of piperidine rings is 1. The monoisotopic (exact) mass is 271 g/mol. The van der Waals surface area contributed by atoms with Gasteiger partial charge in [-0.25, -0.2) is 0 Å². The van der Waals surface area contributed by atoms with E-state index < -0.39 is 11.9 Å². The predicted molar refractivity (Wildman–Crippen MR) is 66.7 cm³/mol. The Kier molecular flexibility index (Phi) is 5.15. The molecule has 6 nitrogen and oxygen atoms in total. The van der Waals surface area contributed by atoms with Crippen LogP contribution in [0.5, 0.6) is 0 Å². The van der Waals surface area contributed by atoms with Crippen molar-refractivity contribution in [3.05, 3.63) is 0 Å². The average Bonchev–Trinajstić information content (AvgIpc) is 2.92. The number of likely N-dealkylation sites (tertiary alicyclic amines) is 1. The summed E-state index contributed by atoms with van der Waals surface area (Å²) in [5.74, 6) is -1.38. The van der Waals surface area contributed by atoms with Crippen LogP contribution in [0.15, 0.2) is 0 Å². The predicted octanol–water partition coefficient (Wildman–Crippen LogP) is 0.505. The summed E-state index contributed by atoms with van der Waals surface area (Å²) in [4.78, 5) is 24.4. The molecule has 0 bridgehead atoms. The van der Waals surface area contributed by atoms with E-state index in [1.165, 1.54) is 0 Å². The highest BCUT2D eigenvalue weighted by molar-refractivity contribution is 5.79. The number of amides is 1. The van der Waals surface area contributed by atoms with Gasteiger partial charge in [0.1, 0.15) is 6.61 Å². The number of aliphatic carboxylic acids is 1. The third-order valence-corrected chi connectivity index (χ3v) is 3.68. The lowest BCUT2D eigenvalue weighted by atomic mass is 9.98.